The predicted octanol–water partition coefficient (Wildman–Crippen LogP) is 2.34. The van der Waals surface area contributed by atoms with Gasteiger partial charge in [-0.3, -0.25) is 4.79 Å². The van der Waals surface area contributed by atoms with Crippen LogP contribution in [0.15, 0.2) is 24.3 Å². The third-order valence-electron chi connectivity index (χ3n) is 3.36. The molecule has 0 unspecified atom stereocenters. The van der Waals surface area contributed by atoms with E-state index in [1.54, 1.807) is 0 Å². The highest BCUT2D eigenvalue weighted by molar-refractivity contribution is 5.73. The Hall–Kier alpha value is -1.82. The van der Waals surface area contributed by atoms with Crippen molar-refractivity contribution in [3.8, 4) is 6.07 Å². The number of aryl methyl sites for hydroxylation is 1. The molecule has 17 heavy (non-hydrogen) atoms. The third kappa shape index (κ3) is 2.47. The van der Waals surface area contributed by atoms with Crippen molar-refractivity contribution < 1.29 is 4.79 Å². The number of hydrogen-bond acceptors (Lipinski definition) is 2. The van der Waals surface area contributed by atoms with Crippen LogP contribution in [0.2, 0.25) is 0 Å². The van der Waals surface area contributed by atoms with E-state index >= 15 is 0 Å². The minimum atomic E-state index is -0.0327. The van der Waals surface area contributed by atoms with Gasteiger partial charge in [0.15, 0.2) is 0 Å². The summed E-state index contributed by atoms with van der Waals surface area (Å²) in [7, 11) is 0. The van der Waals surface area contributed by atoms with E-state index in [2.05, 4.69) is 23.5 Å². The molecule has 1 aromatic carbocycles. The first-order valence-electron chi connectivity index (χ1n) is 5.94. The van der Waals surface area contributed by atoms with Crippen molar-refractivity contribution in [1.29, 1.82) is 5.26 Å². The van der Waals surface area contributed by atoms with Gasteiger partial charge >= 0.3 is 0 Å². The van der Waals surface area contributed by atoms with Gasteiger partial charge in [-0.1, -0.05) is 24.3 Å². The van der Waals surface area contributed by atoms with Gasteiger partial charge in [0.1, 0.15) is 0 Å². The molecule has 0 bridgehead atoms. The van der Waals surface area contributed by atoms with E-state index in [0.717, 1.165) is 12.8 Å². The van der Waals surface area contributed by atoms with Crippen molar-refractivity contribution in [3.63, 3.8) is 0 Å². The highest BCUT2D eigenvalue weighted by atomic mass is 16.1. The molecule has 0 fully saturated rings. The van der Waals surface area contributed by atoms with E-state index in [0.29, 0.717) is 6.42 Å². The van der Waals surface area contributed by atoms with Gasteiger partial charge in [-0.15, -0.1) is 0 Å². The lowest BCUT2D eigenvalue weighted by atomic mass is 9.78. The molecule has 0 spiro atoms. The number of amides is 1. The van der Waals surface area contributed by atoms with Crippen molar-refractivity contribution in [2.45, 2.75) is 32.2 Å². The van der Waals surface area contributed by atoms with Crippen molar-refractivity contribution in [2.24, 2.45) is 5.92 Å². The molecule has 0 radical (unpaired) electrons. The molecule has 1 amide bonds. The molecule has 88 valence electrons. The van der Waals surface area contributed by atoms with Crippen molar-refractivity contribution >= 4 is 5.91 Å². The van der Waals surface area contributed by atoms with Crippen LogP contribution in [0.3, 0.4) is 0 Å². The van der Waals surface area contributed by atoms with Crippen LogP contribution in [0, 0.1) is 17.2 Å². The Balaban J connectivity index is 2.32. The third-order valence-corrected chi connectivity index (χ3v) is 3.36. The largest absolute Gasteiger partial charge is 0.349 e. The number of nitriles is 1. The minimum absolute atomic E-state index is 0.00269. The predicted molar refractivity (Wildman–Crippen MR) is 65.0 cm³/mol. The number of benzene rings is 1. The van der Waals surface area contributed by atoms with Crippen LogP contribution in [0.5, 0.6) is 0 Å². The lowest BCUT2D eigenvalue weighted by molar-refractivity contribution is -0.120. The van der Waals surface area contributed by atoms with Crippen molar-refractivity contribution in [3.05, 3.63) is 35.4 Å². The Bertz CT molecular complexity index is 462. The van der Waals surface area contributed by atoms with Crippen LogP contribution in [-0.4, -0.2) is 5.91 Å². The number of nitrogens with one attached hydrogen (secondary N) is 1. The molecule has 1 N–H and O–H groups in total. The molecule has 2 atom stereocenters. The van der Waals surface area contributed by atoms with Gasteiger partial charge in [0.05, 0.1) is 12.1 Å². The average Bonchev–Trinajstić information content (AvgIpc) is 2.32. The quantitative estimate of drug-likeness (QED) is 0.844. The fraction of sp³-hybridized carbons (Fsp3) is 0.429. The summed E-state index contributed by atoms with van der Waals surface area (Å²) in [5.41, 5.74) is 2.47. The summed E-state index contributed by atoms with van der Waals surface area (Å²) in [6.45, 7) is 1.53. The molecule has 3 heteroatoms. The Labute approximate surface area is 101 Å². The minimum Gasteiger partial charge on any atom is -0.349 e. The van der Waals surface area contributed by atoms with Crippen LogP contribution in [0.4, 0.5) is 0 Å². The van der Waals surface area contributed by atoms with Gasteiger partial charge in [-0.25, -0.2) is 0 Å². The smallest absolute Gasteiger partial charge is 0.217 e. The Morgan fingerprint density at radius 3 is 3.00 bits per heavy atom. The van der Waals surface area contributed by atoms with Crippen LogP contribution < -0.4 is 5.32 Å². The zero-order chi connectivity index (χ0) is 12.3. The number of carbonyl (C=O) groups is 1. The lowest BCUT2D eigenvalue weighted by Crippen LogP contribution is -2.35. The van der Waals surface area contributed by atoms with E-state index in [1.807, 2.05) is 12.1 Å². The summed E-state index contributed by atoms with van der Waals surface area (Å²) in [4.78, 5) is 11.3. The summed E-state index contributed by atoms with van der Waals surface area (Å²) in [5.74, 6) is 0.202. The molecular weight excluding hydrogens is 212 g/mol. The summed E-state index contributed by atoms with van der Waals surface area (Å²) in [6, 6.07) is 10.4. The molecule has 2 rings (SSSR count). The Morgan fingerprint density at radius 2 is 2.29 bits per heavy atom. The molecule has 1 aliphatic rings. The van der Waals surface area contributed by atoms with Crippen molar-refractivity contribution in [1.82, 2.24) is 5.32 Å². The molecular formula is C14H16N2O. The van der Waals surface area contributed by atoms with Crippen molar-refractivity contribution in [2.75, 3.05) is 0 Å². The molecule has 0 heterocycles. The second-order valence-electron chi connectivity index (χ2n) is 4.54. The van der Waals surface area contributed by atoms with Gasteiger partial charge in [-0.2, -0.15) is 5.26 Å². The molecule has 0 aliphatic heterocycles. The van der Waals surface area contributed by atoms with Gasteiger partial charge in [0, 0.05) is 13.3 Å². The van der Waals surface area contributed by atoms with Gasteiger partial charge in [0.25, 0.3) is 0 Å². The number of rotatable bonds is 2. The van der Waals surface area contributed by atoms with E-state index in [1.165, 1.54) is 18.1 Å². The Kier molecular flexibility index (Phi) is 3.43. The molecule has 0 saturated carbocycles. The molecule has 3 nitrogen and oxygen atoms in total. The lowest BCUT2D eigenvalue weighted by Gasteiger charge is -2.32. The van der Waals surface area contributed by atoms with E-state index < -0.39 is 0 Å². The molecule has 0 aromatic heterocycles. The summed E-state index contributed by atoms with van der Waals surface area (Å²) < 4.78 is 0. The van der Waals surface area contributed by atoms with Crippen LogP contribution >= 0.6 is 0 Å². The first-order chi connectivity index (χ1) is 8.22. The second kappa shape index (κ2) is 5.01. The summed E-state index contributed by atoms with van der Waals surface area (Å²) in [6.07, 6.45) is 2.47. The van der Waals surface area contributed by atoms with Crippen LogP contribution in [0.25, 0.3) is 0 Å². The van der Waals surface area contributed by atoms with Gasteiger partial charge < -0.3 is 5.32 Å². The van der Waals surface area contributed by atoms with Crippen LogP contribution in [0.1, 0.15) is 36.9 Å². The normalized spacial score (nSPS) is 22.4. The van der Waals surface area contributed by atoms with E-state index in [4.69, 9.17) is 5.26 Å². The maximum Gasteiger partial charge on any atom is 0.217 e. The molecule has 0 saturated heterocycles. The monoisotopic (exact) mass is 228 g/mol. The topological polar surface area (TPSA) is 52.9 Å². The Morgan fingerprint density at radius 1 is 1.53 bits per heavy atom. The standard InChI is InChI=1S/C14H16N2O/c1-10(17)16-14-12(8-9-15)7-6-11-4-2-3-5-13(11)14/h2-5,12,14H,6-8H2,1H3,(H,16,17)/t12-,14+/m0/s1. The number of hydrogen-bond donors (Lipinski definition) is 1. The van der Waals surface area contributed by atoms with Gasteiger partial charge in [-0.05, 0) is 29.9 Å². The number of carbonyl (C=O) groups excluding carboxylic acids is 1. The summed E-state index contributed by atoms with van der Waals surface area (Å²) >= 11 is 0. The fourth-order valence-electron chi connectivity index (χ4n) is 2.58. The maximum atomic E-state index is 11.3. The SMILES string of the molecule is CC(=O)N[C@H]1c2ccccc2CC[C@H]1CC#N. The fourth-order valence-corrected chi connectivity index (χ4v) is 2.58. The highest BCUT2D eigenvalue weighted by Gasteiger charge is 2.29. The van der Waals surface area contributed by atoms with E-state index in [-0.39, 0.29) is 17.9 Å². The highest BCUT2D eigenvalue weighted by Crippen LogP contribution is 2.35. The maximum absolute atomic E-state index is 11.3. The zero-order valence-electron chi connectivity index (χ0n) is 9.94. The molecule has 1 aliphatic carbocycles. The van der Waals surface area contributed by atoms with Crippen LogP contribution in [-0.2, 0) is 11.2 Å². The number of nitrogens with zero attached hydrogens (tertiary/aromatic N) is 1. The zero-order valence-corrected chi connectivity index (χ0v) is 9.94. The van der Waals surface area contributed by atoms with Gasteiger partial charge in [0.2, 0.25) is 5.91 Å². The second-order valence-corrected chi connectivity index (χ2v) is 4.54. The first kappa shape index (κ1) is 11.7. The average molecular weight is 228 g/mol. The molecule has 1 aromatic rings. The van der Waals surface area contributed by atoms with E-state index in [9.17, 15) is 4.79 Å². The first-order valence-corrected chi connectivity index (χ1v) is 5.94. The number of fused-ring (bicyclic) bond motifs is 1. The summed E-state index contributed by atoms with van der Waals surface area (Å²) in [5, 5.41) is 11.8.